The molecule has 0 fully saturated rings. The van der Waals surface area contributed by atoms with E-state index in [4.69, 9.17) is 4.74 Å². The molecule has 7 nitrogen and oxygen atoms in total. The van der Waals surface area contributed by atoms with Gasteiger partial charge in [-0.15, -0.1) is 0 Å². The van der Waals surface area contributed by atoms with Gasteiger partial charge in [0.05, 0.1) is 24.7 Å². The molecule has 0 N–H and O–H groups in total. The molecule has 0 spiro atoms. The predicted molar refractivity (Wildman–Crippen MR) is 104 cm³/mol. The summed E-state index contributed by atoms with van der Waals surface area (Å²) in [4.78, 5) is 48.9. The van der Waals surface area contributed by atoms with Crippen molar-refractivity contribution in [2.24, 2.45) is 0 Å². The van der Waals surface area contributed by atoms with Gasteiger partial charge in [-0.25, -0.2) is 0 Å². The number of imide groups is 1. The van der Waals surface area contributed by atoms with Gasteiger partial charge in [0.2, 0.25) is 0 Å². The van der Waals surface area contributed by atoms with Crippen LogP contribution in [0, 0.1) is 0 Å². The molecule has 0 saturated heterocycles. The van der Waals surface area contributed by atoms with E-state index in [0.29, 0.717) is 17.7 Å². The summed E-state index contributed by atoms with van der Waals surface area (Å²) in [7, 11) is 0. The molecule has 1 atom stereocenters. The van der Waals surface area contributed by atoms with Crippen molar-refractivity contribution in [3.63, 3.8) is 0 Å². The van der Waals surface area contributed by atoms with Crippen LogP contribution < -0.4 is 34.7 Å². The minimum atomic E-state index is -1.76. The summed E-state index contributed by atoms with van der Waals surface area (Å²) in [6.07, 6.45) is 12.1. The zero-order chi connectivity index (χ0) is 21.4. The largest absolute Gasteiger partial charge is 1.00 e. The third kappa shape index (κ3) is 13.2. The van der Waals surface area contributed by atoms with Gasteiger partial charge in [-0.1, -0.05) is 57.8 Å². The summed E-state index contributed by atoms with van der Waals surface area (Å²) >= 11 is 0. The number of esters is 1. The average molecular weight is 415 g/mol. The number of carbonyl (C=O) groups excluding carboxylic acids is 4. The fourth-order valence-corrected chi connectivity index (χ4v) is 2.22. The second-order valence-corrected chi connectivity index (χ2v) is 6.13. The van der Waals surface area contributed by atoms with Crippen LogP contribution >= 0.6 is 0 Å². The van der Waals surface area contributed by atoms with Gasteiger partial charge in [0.25, 0.3) is 11.8 Å². The number of carboxylic acids is 1. The number of carbonyl (C=O) groups is 4. The molecule has 0 aromatic heterocycles. The van der Waals surface area contributed by atoms with Crippen LogP contribution in [0.2, 0.25) is 0 Å². The van der Waals surface area contributed by atoms with Crippen LogP contribution in [0.15, 0.2) is 36.6 Å². The first-order valence-electron chi connectivity index (χ1n) is 9.60. The zero-order valence-electron chi connectivity index (χ0n) is 17.9. The Morgan fingerprint density at radius 2 is 1.45 bits per heavy atom. The maximum atomic E-state index is 12.5. The fraction of sp³-hybridized carbons (Fsp3) is 0.524. The van der Waals surface area contributed by atoms with Crippen LogP contribution in [-0.4, -0.2) is 34.7 Å². The molecule has 0 bridgehead atoms. The summed E-state index contributed by atoms with van der Waals surface area (Å²) in [6.45, 7) is 5.61. The van der Waals surface area contributed by atoms with E-state index in [9.17, 15) is 24.3 Å². The van der Waals surface area contributed by atoms with Gasteiger partial charge in [0.1, 0.15) is 0 Å². The average Bonchev–Trinajstić information content (AvgIpc) is 2.66. The Labute approximate surface area is 195 Å². The van der Waals surface area contributed by atoms with E-state index in [0.717, 1.165) is 44.1 Å². The Kier molecular flexibility index (Phi) is 18.7. The summed E-state index contributed by atoms with van der Waals surface area (Å²) in [6, 6.07) is -1.76. The number of ether oxygens (including phenoxy) is 1. The number of allylic oxidation sites excluding steroid dienone is 3. The number of amides is 2. The smallest absolute Gasteiger partial charge is 0.548 e. The van der Waals surface area contributed by atoms with Crippen LogP contribution in [0.4, 0.5) is 0 Å². The molecule has 0 aliphatic carbocycles. The van der Waals surface area contributed by atoms with Gasteiger partial charge in [-0.3, -0.25) is 19.3 Å². The van der Waals surface area contributed by atoms with Crippen molar-refractivity contribution in [1.29, 1.82) is 0 Å². The van der Waals surface area contributed by atoms with Gasteiger partial charge in [-0.05, 0) is 31.9 Å². The molecule has 8 heteroatoms. The number of rotatable bonds is 13. The summed E-state index contributed by atoms with van der Waals surface area (Å²) in [5.74, 6) is -4.21. The van der Waals surface area contributed by atoms with Gasteiger partial charge in [0, 0.05) is 0 Å². The number of aliphatic carboxylic acids is 1. The Morgan fingerprint density at radius 1 is 0.966 bits per heavy atom. The number of hydrogen-bond acceptors (Lipinski definition) is 6. The predicted octanol–water partition coefficient (Wildman–Crippen LogP) is -0.576. The van der Waals surface area contributed by atoms with Crippen LogP contribution in [0.25, 0.3) is 0 Å². The van der Waals surface area contributed by atoms with E-state index < -0.39 is 36.2 Å². The third-order valence-corrected chi connectivity index (χ3v) is 3.72. The van der Waals surface area contributed by atoms with Crippen LogP contribution in [0.3, 0.4) is 0 Å². The molecule has 0 saturated carbocycles. The Morgan fingerprint density at radius 3 is 1.83 bits per heavy atom. The van der Waals surface area contributed by atoms with Crippen molar-refractivity contribution < 1.29 is 58.6 Å². The molecule has 1 unspecified atom stereocenters. The molecule has 0 heterocycles. The molecule has 0 aliphatic heterocycles. The van der Waals surface area contributed by atoms with Crippen molar-refractivity contribution in [1.82, 2.24) is 4.90 Å². The molecule has 2 amide bonds. The van der Waals surface area contributed by atoms with Gasteiger partial charge < -0.3 is 14.6 Å². The molecule has 156 valence electrons. The quantitative estimate of drug-likeness (QED) is 0.131. The Hall–Kier alpha value is -1.70. The molecule has 0 aromatic rings. The van der Waals surface area contributed by atoms with Gasteiger partial charge in [-0.2, -0.15) is 0 Å². The van der Waals surface area contributed by atoms with Crippen molar-refractivity contribution >= 4 is 23.8 Å². The Bertz CT molecular complexity index is 582. The summed E-state index contributed by atoms with van der Waals surface area (Å²) in [5.41, 5.74) is 0. The van der Waals surface area contributed by atoms with Crippen LogP contribution in [0.5, 0.6) is 0 Å². The normalized spacial score (nSPS) is 12.1. The molecule has 0 aliphatic rings. The standard InChI is InChI=1S/C21H31NO6.Na/c1-4-7-9-11-13-18(23)22(19(24)14-12-10-8-5-2)17(21(26)27)16-20(25)28-15-6-3;/h6,11-15,17H,4-5,7-10,16H2,1-3H3,(H,26,27);/q;+1/p-1/b13-11+,14-12+,15-6+;. The van der Waals surface area contributed by atoms with Crippen molar-refractivity contribution in [3.05, 3.63) is 36.6 Å². The van der Waals surface area contributed by atoms with E-state index in [1.807, 2.05) is 13.8 Å². The first-order chi connectivity index (χ1) is 13.4. The zero-order valence-corrected chi connectivity index (χ0v) is 19.9. The topological polar surface area (TPSA) is 104 Å². The summed E-state index contributed by atoms with van der Waals surface area (Å²) in [5, 5.41) is 11.6. The van der Waals surface area contributed by atoms with E-state index >= 15 is 0 Å². The molecular formula is C21H30NNaO6. The number of hydrogen-bond donors (Lipinski definition) is 0. The molecule has 0 radical (unpaired) electrons. The molecular weight excluding hydrogens is 385 g/mol. The molecule has 29 heavy (non-hydrogen) atoms. The monoisotopic (exact) mass is 415 g/mol. The van der Waals surface area contributed by atoms with Crippen LogP contribution in [0.1, 0.15) is 65.7 Å². The van der Waals surface area contributed by atoms with E-state index in [-0.39, 0.29) is 29.6 Å². The second kappa shape index (κ2) is 18.3. The maximum absolute atomic E-state index is 12.5. The van der Waals surface area contributed by atoms with E-state index in [2.05, 4.69) is 0 Å². The second-order valence-electron chi connectivity index (χ2n) is 6.13. The van der Waals surface area contributed by atoms with Crippen molar-refractivity contribution in [2.45, 2.75) is 71.8 Å². The van der Waals surface area contributed by atoms with Gasteiger partial charge >= 0.3 is 35.5 Å². The number of nitrogens with zero attached hydrogens (tertiary/aromatic N) is 1. The third-order valence-electron chi connectivity index (χ3n) is 3.72. The van der Waals surface area contributed by atoms with Crippen LogP contribution in [-0.2, 0) is 23.9 Å². The van der Waals surface area contributed by atoms with Crippen molar-refractivity contribution in [3.8, 4) is 0 Å². The minimum Gasteiger partial charge on any atom is -0.548 e. The number of carboxylic acid groups (broad SMARTS) is 1. The first-order valence-corrected chi connectivity index (χ1v) is 9.60. The first kappa shape index (κ1) is 29.5. The summed E-state index contributed by atoms with van der Waals surface area (Å²) < 4.78 is 4.71. The van der Waals surface area contributed by atoms with E-state index in [1.165, 1.54) is 6.08 Å². The fourth-order valence-electron chi connectivity index (χ4n) is 2.22. The SMILES string of the molecule is C/C=C/OC(=O)CC(C(=O)[O-])N(C(=O)/C=C/CCCC)C(=O)/C=C/CCCC.[Na+]. The molecule has 0 aromatic carbocycles. The number of unbranched alkanes of at least 4 members (excludes halogenated alkanes) is 4. The van der Waals surface area contributed by atoms with E-state index in [1.54, 1.807) is 19.1 Å². The maximum Gasteiger partial charge on any atom is 1.00 e. The van der Waals surface area contributed by atoms with Crippen molar-refractivity contribution in [2.75, 3.05) is 0 Å². The minimum absolute atomic E-state index is 0. The van der Waals surface area contributed by atoms with Gasteiger partial charge in [0.15, 0.2) is 0 Å². The Balaban J connectivity index is 0. The molecule has 0 rings (SSSR count).